The minimum Gasteiger partial charge on any atom is -0.454 e. The van der Waals surface area contributed by atoms with Crippen molar-refractivity contribution in [1.29, 1.82) is 0 Å². The normalized spacial score (nSPS) is 13.8. The van der Waals surface area contributed by atoms with Crippen molar-refractivity contribution >= 4 is 12.0 Å². The topological polar surface area (TPSA) is 47.6 Å². The van der Waals surface area contributed by atoms with E-state index in [-0.39, 0.29) is 18.2 Å². The van der Waals surface area contributed by atoms with Crippen LogP contribution >= 0.6 is 0 Å². The first kappa shape index (κ1) is 13.5. The van der Waals surface area contributed by atoms with E-state index in [4.69, 9.17) is 9.47 Å². The predicted molar refractivity (Wildman–Crippen MR) is 74.1 cm³/mol. The number of rotatable bonds is 4. The first-order valence-corrected chi connectivity index (χ1v) is 6.40. The Morgan fingerprint density at radius 2 is 2.11 bits per heavy atom. The Bertz CT molecular complexity index is 506. The van der Waals surface area contributed by atoms with Gasteiger partial charge in [-0.2, -0.15) is 0 Å². The third-order valence-electron chi connectivity index (χ3n) is 3.17. The van der Waals surface area contributed by atoms with Crippen LogP contribution in [0.15, 0.2) is 24.3 Å². The van der Waals surface area contributed by atoms with Gasteiger partial charge in [0.05, 0.1) is 0 Å². The number of ether oxygens (including phenoxy) is 2. The standard InChI is InChI=1S/C15H19NO3/c1-4-15(2,3)16-14(17)8-6-11-5-7-12-13(9-11)19-10-18-12/h5-9H,4,10H2,1-3H3,(H,16,17). The van der Waals surface area contributed by atoms with E-state index in [2.05, 4.69) is 5.32 Å². The second kappa shape index (κ2) is 5.34. The van der Waals surface area contributed by atoms with Gasteiger partial charge in [0, 0.05) is 11.6 Å². The summed E-state index contributed by atoms with van der Waals surface area (Å²) in [5, 5.41) is 2.95. The molecule has 1 aliphatic rings. The largest absolute Gasteiger partial charge is 0.454 e. The number of carbonyl (C=O) groups excluding carboxylic acids is 1. The number of fused-ring (bicyclic) bond motifs is 1. The van der Waals surface area contributed by atoms with Gasteiger partial charge in [0.2, 0.25) is 12.7 Å². The number of nitrogens with one attached hydrogen (secondary N) is 1. The van der Waals surface area contributed by atoms with E-state index >= 15 is 0 Å². The Hall–Kier alpha value is -1.97. The second-order valence-corrected chi connectivity index (χ2v) is 5.17. The summed E-state index contributed by atoms with van der Waals surface area (Å²) in [5.74, 6) is 1.37. The van der Waals surface area contributed by atoms with Crippen molar-refractivity contribution in [1.82, 2.24) is 5.32 Å². The van der Waals surface area contributed by atoms with Gasteiger partial charge in [-0.15, -0.1) is 0 Å². The molecule has 1 aromatic carbocycles. The summed E-state index contributed by atoms with van der Waals surface area (Å²) in [7, 11) is 0. The highest BCUT2D eigenvalue weighted by atomic mass is 16.7. The van der Waals surface area contributed by atoms with Gasteiger partial charge >= 0.3 is 0 Å². The molecule has 1 heterocycles. The van der Waals surface area contributed by atoms with Crippen LogP contribution in [0.1, 0.15) is 32.8 Å². The molecule has 4 heteroatoms. The van der Waals surface area contributed by atoms with Gasteiger partial charge in [-0.25, -0.2) is 0 Å². The van der Waals surface area contributed by atoms with Crippen molar-refractivity contribution in [3.63, 3.8) is 0 Å². The summed E-state index contributed by atoms with van der Waals surface area (Å²) in [6, 6.07) is 5.59. The van der Waals surface area contributed by atoms with Gasteiger partial charge in [-0.1, -0.05) is 13.0 Å². The molecular weight excluding hydrogens is 242 g/mol. The zero-order valence-corrected chi connectivity index (χ0v) is 11.5. The van der Waals surface area contributed by atoms with E-state index in [9.17, 15) is 4.79 Å². The molecule has 0 unspecified atom stereocenters. The van der Waals surface area contributed by atoms with Crippen LogP contribution in [0.5, 0.6) is 11.5 Å². The summed E-state index contributed by atoms with van der Waals surface area (Å²) >= 11 is 0. The zero-order valence-electron chi connectivity index (χ0n) is 11.5. The van der Waals surface area contributed by atoms with Crippen LogP contribution in [-0.2, 0) is 4.79 Å². The predicted octanol–water partition coefficient (Wildman–Crippen LogP) is 2.73. The highest BCUT2D eigenvalue weighted by molar-refractivity contribution is 5.92. The van der Waals surface area contributed by atoms with E-state index in [1.807, 2.05) is 39.0 Å². The lowest BCUT2D eigenvalue weighted by Crippen LogP contribution is -2.41. The Morgan fingerprint density at radius 3 is 2.84 bits per heavy atom. The molecule has 19 heavy (non-hydrogen) atoms. The van der Waals surface area contributed by atoms with E-state index in [1.165, 1.54) is 6.08 Å². The molecule has 4 nitrogen and oxygen atoms in total. The lowest BCUT2D eigenvalue weighted by molar-refractivity contribution is -0.117. The molecule has 0 aliphatic carbocycles. The molecule has 1 aromatic rings. The van der Waals surface area contributed by atoms with Gasteiger partial charge in [0.1, 0.15) is 0 Å². The van der Waals surface area contributed by atoms with Gasteiger partial charge in [0.15, 0.2) is 11.5 Å². The Labute approximate surface area is 113 Å². The van der Waals surface area contributed by atoms with Gasteiger partial charge < -0.3 is 14.8 Å². The highest BCUT2D eigenvalue weighted by Gasteiger charge is 2.16. The maximum atomic E-state index is 11.8. The molecule has 2 rings (SSSR count). The first-order valence-electron chi connectivity index (χ1n) is 6.40. The van der Waals surface area contributed by atoms with Crippen LogP contribution in [0.3, 0.4) is 0 Å². The van der Waals surface area contributed by atoms with Crippen LogP contribution < -0.4 is 14.8 Å². The van der Waals surface area contributed by atoms with E-state index < -0.39 is 0 Å². The molecule has 0 saturated heterocycles. The van der Waals surface area contributed by atoms with Gasteiger partial charge in [-0.05, 0) is 44.0 Å². The fraction of sp³-hybridized carbons (Fsp3) is 0.400. The second-order valence-electron chi connectivity index (χ2n) is 5.17. The quantitative estimate of drug-likeness (QED) is 0.848. The Morgan fingerprint density at radius 1 is 1.37 bits per heavy atom. The molecule has 0 bridgehead atoms. The van der Waals surface area contributed by atoms with E-state index in [1.54, 1.807) is 6.08 Å². The van der Waals surface area contributed by atoms with Crippen molar-refractivity contribution in [2.75, 3.05) is 6.79 Å². The average molecular weight is 261 g/mol. The fourth-order valence-corrected chi connectivity index (χ4v) is 1.65. The maximum absolute atomic E-state index is 11.8. The lowest BCUT2D eigenvalue weighted by Gasteiger charge is -2.23. The van der Waals surface area contributed by atoms with E-state index in [0.29, 0.717) is 0 Å². The number of hydrogen-bond acceptors (Lipinski definition) is 3. The average Bonchev–Trinajstić information content (AvgIpc) is 2.83. The van der Waals surface area contributed by atoms with Crippen molar-refractivity contribution in [3.8, 4) is 11.5 Å². The molecule has 0 atom stereocenters. The summed E-state index contributed by atoms with van der Waals surface area (Å²) in [4.78, 5) is 11.8. The molecule has 1 N–H and O–H groups in total. The van der Waals surface area contributed by atoms with Gasteiger partial charge in [-0.3, -0.25) is 4.79 Å². The fourth-order valence-electron chi connectivity index (χ4n) is 1.65. The number of benzene rings is 1. The molecule has 1 amide bonds. The summed E-state index contributed by atoms with van der Waals surface area (Å²) in [6.07, 6.45) is 4.19. The smallest absolute Gasteiger partial charge is 0.244 e. The Balaban J connectivity index is 2.01. The van der Waals surface area contributed by atoms with Crippen LogP contribution in [-0.4, -0.2) is 18.2 Å². The molecule has 102 valence electrons. The molecule has 0 aromatic heterocycles. The monoisotopic (exact) mass is 261 g/mol. The van der Waals surface area contributed by atoms with Crippen LogP contribution in [0.2, 0.25) is 0 Å². The van der Waals surface area contributed by atoms with Crippen molar-refractivity contribution in [2.45, 2.75) is 32.7 Å². The number of carbonyl (C=O) groups is 1. The third-order valence-corrected chi connectivity index (χ3v) is 3.17. The molecule has 0 fully saturated rings. The highest BCUT2D eigenvalue weighted by Crippen LogP contribution is 2.32. The molecule has 0 saturated carbocycles. The molecule has 0 radical (unpaired) electrons. The van der Waals surface area contributed by atoms with Crippen molar-refractivity contribution in [3.05, 3.63) is 29.8 Å². The van der Waals surface area contributed by atoms with E-state index in [0.717, 1.165) is 23.5 Å². The lowest BCUT2D eigenvalue weighted by atomic mass is 10.0. The SMILES string of the molecule is CCC(C)(C)NC(=O)C=Cc1ccc2c(c1)OCO2. The third kappa shape index (κ3) is 3.50. The van der Waals surface area contributed by atoms with Crippen LogP contribution in [0.25, 0.3) is 6.08 Å². The molecular formula is C15H19NO3. The minimum absolute atomic E-state index is 0.0930. The zero-order chi connectivity index (χ0) is 13.9. The first-order chi connectivity index (χ1) is 9.00. The Kier molecular flexibility index (Phi) is 3.79. The maximum Gasteiger partial charge on any atom is 0.244 e. The minimum atomic E-state index is -0.184. The summed E-state index contributed by atoms with van der Waals surface area (Å²) in [6.45, 7) is 6.30. The number of hydrogen-bond donors (Lipinski definition) is 1. The van der Waals surface area contributed by atoms with Crippen LogP contribution in [0.4, 0.5) is 0 Å². The van der Waals surface area contributed by atoms with Crippen LogP contribution in [0, 0.1) is 0 Å². The van der Waals surface area contributed by atoms with Crippen molar-refractivity contribution in [2.24, 2.45) is 0 Å². The molecule has 0 spiro atoms. The number of amides is 1. The van der Waals surface area contributed by atoms with Gasteiger partial charge in [0.25, 0.3) is 0 Å². The molecule has 1 aliphatic heterocycles. The summed E-state index contributed by atoms with van der Waals surface area (Å²) < 4.78 is 10.5. The van der Waals surface area contributed by atoms with Crippen molar-refractivity contribution < 1.29 is 14.3 Å². The summed E-state index contributed by atoms with van der Waals surface area (Å²) in [5.41, 5.74) is 0.727.